The first kappa shape index (κ1) is 13.7. The summed E-state index contributed by atoms with van der Waals surface area (Å²) in [6.07, 6.45) is 1.76. The predicted octanol–water partition coefficient (Wildman–Crippen LogP) is 2.04. The monoisotopic (exact) mass is 285 g/mol. The van der Waals surface area contributed by atoms with Gasteiger partial charge < -0.3 is 5.73 Å². The maximum atomic E-state index is 13.3. The summed E-state index contributed by atoms with van der Waals surface area (Å²) in [6.45, 7) is 1.61. The Morgan fingerprint density at radius 2 is 2.21 bits per heavy atom. The Bertz CT molecular complexity index is 522. The molecule has 0 saturated carbocycles. The van der Waals surface area contributed by atoms with Crippen LogP contribution in [-0.2, 0) is 4.79 Å². The Labute approximate surface area is 113 Å². The first-order valence-corrected chi connectivity index (χ1v) is 6.64. The Morgan fingerprint density at radius 1 is 1.47 bits per heavy atom. The van der Waals surface area contributed by atoms with Crippen LogP contribution in [0.25, 0.3) is 0 Å². The average Bonchev–Trinajstić information content (AvgIpc) is 2.87. The highest BCUT2D eigenvalue weighted by Crippen LogP contribution is 2.26. The van der Waals surface area contributed by atoms with Crippen molar-refractivity contribution >= 4 is 23.4 Å². The third-order valence-electron chi connectivity index (χ3n) is 2.76. The van der Waals surface area contributed by atoms with E-state index in [0.717, 1.165) is 12.1 Å². The van der Waals surface area contributed by atoms with E-state index in [1.165, 1.54) is 17.8 Å². The van der Waals surface area contributed by atoms with Gasteiger partial charge in [-0.3, -0.25) is 14.8 Å². The number of amides is 1. The number of carbonyl (C=O) groups is 1. The van der Waals surface area contributed by atoms with Crippen molar-refractivity contribution in [3.8, 4) is 0 Å². The fraction of sp³-hybridized carbons (Fsp3) is 0.250. The van der Waals surface area contributed by atoms with Gasteiger partial charge in [-0.05, 0) is 24.5 Å². The smallest absolute Gasteiger partial charge is 0.241 e. The second-order valence-electron chi connectivity index (χ2n) is 4.04. The summed E-state index contributed by atoms with van der Waals surface area (Å²) in [4.78, 5) is 11.4. The maximum Gasteiger partial charge on any atom is 0.241 e. The minimum Gasteiger partial charge on any atom is -0.368 e. The molecule has 2 N–H and O–H groups in total. The molecule has 1 atom stereocenters. The van der Waals surface area contributed by atoms with E-state index in [2.05, 4.69) is 0 Å². The number of hydrazine groups is 1. The number of rotatable bonds is 4. The lowest BCUT2D eigenvalue weighted by atomic mass is 10.2. The average molecular weight is 285 g/mol. The molecule has 19 heavy (non-hydrogen) atoms. The zero-order valence-electron chi connectivity index (χ0n) is 10.2. The largest absolute Gasteiger partial charge is 0.368 e. The van der Waals surface area contributed by atoms with Crippen molar-refractivity contribution in [1.82, 2.24) is 5.01 Å². The highest BCUT2D eigenvalue weighted by molar-refractivity contribution is 8.02. The minimum absolute atomic E-state index is 0.373. The number of carbonyl (C=O) groups excluding carboxylic acids is 1. The van der Waals surface area contributed by atoms with E-state index in [-0.39, 0.29) is 0 Å². The lowest BCUT2D eigenvalue weighted by Crippen LogP contribution is -2.50. The van der Waals surface area contributed by atoms with Crippen molar-refractivity contribution in [2.75, 3.05) is 10.9 Å². The summed E-state index contributed by atoms with van der Waals surface area (Å²) in [6, 6.07) is 2.81. The second kappa shape index (κ2) is 5.48. The van der Waals surface area contributed by atoms with Gasteiger partial charge >= 0.3 is 0 Å². The van der Waals surface area contributed by atoms with Crippen LogP contribution in [0.3, 0.4) is 0 Å². The Kier molecular flexibility index (Phi) is 3.94. The van der Waals surface area contributed by atoms with Crippen LogP contribution in [0.15, 0.2) is 29.8 Å². The summed E-state index contributed by atoms with van der Waals surface area (Å²) < 4.78 is 26.3. The van der Waals surface area contributed by atoms with E-state index in [9.17, 15) is 13.6 Å². The van der Waals surface area contributed by atoms with Crippen LogP contribution in [0.5, 0.6) is 0 Å². The van der Waals surface area contributed by atoms with Crippen molar-refractivity contribution in [3.05, 3.63) is 41.4 Å². The number of primary amides is 1. The molecule has 1 amide bonds. The molecule has 0 aromatic heterocycles. The van der Waals surface area contributed by atoms with E-state index in [0.29, 0.717) is 11.6 Å². The summed E-state index contributed by atoms with van der Waals surface area (Å²) in [5, 5.41) is 5.12. The fourth-order valence-electron chi connectivity index (χ4n) is 1.75. The number of halogens is 2. The zero-order valence-corrected chi connectivity index (χ0v) is 11.0. The van der Waals surface area contributed by atoms with Crippen molar-refractivity contribution in [2.45, 2.75) is 13.0 Å². The number of hydrogen-bond acceptors (Lipinski definition) is 4. The van der Waals surface area contributed by atoms with Gasteiger partial charge in [-0.25, -0.2) is 8.78 Å². The molecular weight excluding hydrogens is 272 g/mol. The van der Waals surface area contributed by atoms with Crippen LogP contribution in [-0.4, -0.2) is 22.8 Å². The van der Waals surface area contributed by atoms with Gasteiger partial charge in [-0.1, -0.05) is 0 Å². The van der Waals surface area contributed by atoms with Crippen LogP contribution in [0.4, 0.5) is 14.5 Å². The molecule has 102 valence electrons. The maximum absolute atomic E-state index is 13.3. The molecule has 2 rings (SSSR count). The number of nitrogens with zero attached hydrogens (tertiary/aromatic N) is 2. The highest BCUT2D eigenvalue weighted by Gasteiger charge is 2.26. The third-order valence-corrected chi connectivity index (χ3v) is 3.49. The third kappa shape index (κ3) is 2.81. The molecule has 1 aromatic carbocycles. The lowest BCUT2D eigenvalue weighted by molar-refractivity contribution is -0.119. The first-order valence-electron chi connectivity index (χ1n) is 5.59. The van der Waals surface area contributed by atoms with Crippen LogP contribution in [0.2, 0.25) is 0 Å². The number of hydrogen-bond donors (Lipinski definition) is 1. The minimum atomic E-state index is -0.963. The molecule has 0 spiro atoms. The van der Waals surface area contributed by atoms with E-state index in [1.54, 1.807) is 23.1 Å². The fourth-order valence-corrected chi connectivity index (χ4v) is 2.43. The Morgan fingerprint density at radius 3 is 2.74 bits per heavy atom. The Balaban J connectivity index is 2.38. The van der Waals surface area contributed by atoms with Crippen molar-refractivity contribution < 1.29 is 13.6 Å². The molecule has 0 fully saturated rings. The van der Waals surface area contributed by atoms with Gasteiger partial charge in [-0.15, -0.1) is 11.8 Å². The molecule has 0 bridgehead atoms. The van der Waals surface area contributed by atoms with E-state index in [1.807, 2.05) is 5.41 Å². The van der Waals surface area contributed by atoms with Gasteiger partial charge in [0.25, 0.3) is 0 Å². The van der Waals surface area contributed by atoms with Crippen molar-refractivity contribution in [2.24, 2.45) is 5.73 Å². The van der Waals surface area contributed by atoms with Crippen LogP contribution >= 0.6 is 11.8 Å². The normalized spacial score (nSPS) is 15.6. The van der Waals surface area contributed by atoms with Crippen LogP contribution < -0.4 is 10.7 Å². The molecule has 1 heterocycles. The molecule has 0 aliphatic carbocycles. The summed E-state index contributed by atoms with van der Waals surface area (Å²) in [7, 11) is 0. The summed E-state index contributed by atoms with van der Waals surface area (Å²) in [5.74, 6) is -1.86. The molecule has 0 saturated heterocycles. The zero-order chi connectivity index (χ0) is 14.0. The SMILES string of the molecule is CC(C(N)=O)N(c1ccc(F)c(F)c1)N1C=CSC1. The van der Waals surface area contributed by atoms with Gasteiger partial charge in [-0.2, -0.15) is 0 Å². The molecule has 1 aromatic rings. The first-order chi connectivity index (χ1) is 9.00. The Hall–Kier alpha value is -1.76. The van der Waals surface area contributed by atoms with Gasteiger partial charge in [0.05, 0.1) is 11.6 Å². The lowest BCUT2D eigenvalue weighted by Gasteiger charge is -2.36. The van der Waals surface area contributed by atoms with Gasteiger partial charge in [0.2, 0.25) is 5.91 Å². The number of nitrogens with two attached hydrogens (primary N) is 1. The number of anilines is 1. The molecule has 7 heteroatoms. The topological polar surface area (TPSA) is 49.6 Å². The predicted molar refractivity (Wildman–Crippen MR) is 70.9 cm³/mol. The second-order valence-corrected chi connectivity index (χ2v) is 4.91. The molecular formula is C12H13F2N3OS. The summed E-state index contributed by atoms with van der Waals surface area (Å²) in [5.41, 5.74) is 5.68. The van der Waals surface area contributed by atoms with Gasteiger partial charge in [0.15, 0.2) is 11.6 Å². The van der Waals surface area contributed by atoms with Gasteiger partial charge in [0.1, 0.15) is 6.04 Å². The van der Waals surface area contributed by atoms with Crippen LogP contribution in [0, 0.1) is 11.6 Å². The standard InChI is InChI=1S/C12H13F2N3OS/c1-8(12(15)18)17(16-4-5-19-7-16)9-2-3-10(13)11(14)6-9/h2-6,8H,7H2,1H3,(H2,15,18). The van der Waals surface area contributed by atoms with E-state index >= 15 is 0 Å². The van der Waals surface area contributed by atoms with Crippen molar-refractivity contribution in [3.63, 3.8) is 0 Å². The summed E-state index contributed by atoms with van der Waals surface area (Å²) >= 11 is 1.53. The van der Waals surface area contributed by atoms with Gasteiger partial charge in [0, 0.05) is 12.3 Å². The molecule has 0 radical (unpaired) electrons. The molecule has 4 nitrogen and oxygen atoms in total. The highest BCUT2D eigenvalue weighted by atomic mass is 32.2. The van der Waals surface area contributed by atoms with Crippen LogP contribution in [0.1, 0.15) is 6.92 Å². The van der Waals surface area contributed by atoms with E-state index in [4.69, 9.17) is 5.73 Å². The quantitative estimate of drug-likeness (QED) is 0.919. The molecule has 1 unspecified atom stereocenters. The van der Waals surface area contributed by atoms with E-state index < -0.39 is 23.6 Å². The number of benzene rings is 1. The number of thioether (sulfide) groups is 1. The van der Waals surface area contributed by atoms with Crippen molar-refractivity contribution in [1.29, 1.82) is 0 Å². The molecule has 1 aliphatic rings. The molecule has 1 aliphatic heterocycles.